The minimum Gasteiger partial charge on any atom is -0.454 e. The van der Waals surface area contributed by atoms with Crippen LogP contribution in [0, 0.1) is 6.92 Å². The molecular weight excluding hydrogens is 234 g/mol. The van der Waals surface area contributed by atoms with Crippen LogP contribution in [0.25, 0.3) is 0 Å². The fourth-order valence-corrected chi connectivity index (χ4v) is 2.13. The zero-order valence-electron chi connectivity index (χ0n) is 10.4. The summed E-state index contributed by atoms with van der Waals surface area (Å²) >= 11 is 0. The summed E-state index contributed by atoms with van der Waals surface area (Å²) in [6, 6.07) is 1.77. The molecule has 1 fully saturated rings. The zero-order chi connectivity index (χ0) is 13.1. The summed E-state index contributed by atoms with van der Waals surface area (Å²) in [5, 5.41) is 0. The van der Waals surface area contributed by atoms with Crippen molar-refractivity contribution in [1.82, 2.24) is 10.3 Å². The number of carbonyl (C=O) groups is 2. The maximum Gasteiger partial charge on any atom is 0.301 e. The van der Waals surface area contributed by atoms with Gasteiger partial charge in [0.05, 0.1) is 6.54 Å². The van der Waals surface area contributed by atoms with Crippen molar-refractivity contribution in [3.8, 4) is 0 Å². The van der Waals surface area contributed by atoms with Crippen LogP contribution in [0.4, 0.5) is 0 Å². The molecule has 0 saturated carbocycles. The van der Waals surface area contributed by atoms with Crippen molar-refractivity contribution in [2.75, 3.05) is 6.54 Å². The van der Waals surface area contributed by atoms with Crippen LogP contribution in [-0.4, -0.2) is 23.3 Å². The second-order valence-electron chi connectivity index (χ2n) is 4.47. The number of nitrogens with one attached hydrogen (secondary N) is 1. The molecular formula is C12H17N3O3. The maximum absolute atomic E-state index is 11.7. The highest BCUT2D eigenvalue weighted by atomic mass is 16.4. The number of carbonyl (C=O) groups excluding carboxylic acids is 2. The van der Waals surface area contributed by atoms with Gasteiger partial charge in [0, 0.05) is 18.5 Å². The molecule has 2 heterocycles. The van der Waals surface area contributed by atoms with Gasteiger partial charge in [-0.1, -0.05) is 0 Å². The number of nitrogens with two attached hydrogens (primary N) is 1. The van der Waals surface area contributed by atoms with Crippen LogP contribution < -0.4 is 11.3 Å². The number of rotatable bonds is 3. The van der Waals surface area contributed by atoms with Crippen LogP contribution in [0.5, 0.6) is 0 Å². The molecule has 98 valence electrons. The molecule has 6 nitrogen and oxygen atoms in total. The maximum atomic E-state index is 11.7. The van der Waals surface area contributed by atoms with Gasteiger partial charge < -0.3 is 9.32 Å². The number of nitrogens with zero attached hydrogens (tertiary/aromatic N) is 1. The Kier molecular flexibility index (Phi) is 3.66. The van der Waals surface area contributed by atoms with Gasteiger partial charge in [0.1, 0.15) is 5.76 Å². The van der Waals surface area contributed by atoms with Crippen LogP contribution in [0.2, 0.25) is 0 Å². The van der Waals surface area contributed by atoms with E-state index in [1.807, 2.05) is 5.43 Å². The third-order valence-corrected chi connectivity index (χ3v) is 3.07. The van der Waals surface area contributed by atoms with Crippen molar-refractivity contribution in [2.24, 2.45) is 5.84 Å². The van der Waals surface area contributed by atoms with E-state index < -0.39 is 5.91 Å². The molecule has 3 N–H and O–H groups in total. The summed E-state index contributed by atoms with van der Waals surface area (Å²) in [5.41, 5.74) is 2.75. The number of hydrogen-bond acceptors (Lipinski definition) is 4. The van der Waals surface area contributed by atoms with Gasteiger partial charge in [-0.05, 0) is 25.8 Å². The quantitative estimate of drug-likeness (QED) is 0.470. The number of nitrogen functional groups attached to an aromatic ring is 1. The number of piperidine rings is 1. The lowest BCUT2D eigenvalue weighted by molar-refractivity contribution is -0.134. The minimum atomic E-state index is -0.455. The van der Waals surface area contributed by atoms with E-state index in [0.717, 1.165) is 24.9 Å². The summed E-state index contributed by atoms with van der Waals surface area (Å²) in [4.78, 5) is 24.8. The predicted molar refractivity (Wildman–Crippen MR) is 64.4 cm³/mol. The summed E-state index contributed by atoms with van der Waals surface area (Å²) in [7, 11) is 0. The van der Waals surface area contributed by atoms with Crippen LogP contribution in [0.3, 0.4) is 0 Å². The molecule has 2 rings (SSSR count). The molecule has 1 aromatic rings. The SMILES string of the molecule is Cc1cc(CN2CCCCC2=O)oc1C(=O)NN. The molecule has 0 atom stereocenters. The number of furan rings is 1. The molecule has 6 heteroatoms. The Balaban J connectivity index is 2.10. The van der Waals surface area contributed by atoms with Gasteiger partial charge in [0.25, 0.3) is 0 Å². The summed E-state index contributed by atoms with van der Waals surface area (Å²) in [5.74, 6) is 5.57. The lowest BCUT2D eigenvalue weighted by atomic mass is 10.1. The first kappa shape index (κ1) is 12.6. The number of amides is 2. The van der Waals surface area contributed by atoms with Crippen molar-refractivity contribution < 1.29 is 14.0 Å². The van der Waals surface area contributed by atoms with Crippen LogP contribution in [-0.2, 0) is 11.3 Å². The Hall–Kier alpha value is -1.82. The summed E-state index contributed by atoms with van der Waals surface area (Å²) < 4.78 is 5.43. The third-order valence-electron chi connectivity index (χ3n) is 3.07. The van der Waals surface area contributed by atoms with Crippen LogP contribution in [0.1, 0.15) is 41.1 Å². The summed E-state index contributed by atoms with van der Waals surface area (Å²) in [6.45, 7) is 2.93. The average molecular weight is 251 g/mol. The van der Waals surface area contributed by atoms with Gasteiger partial charge in [-0.15, -0.1) is 0 Å². The van der Waals surface area contributed by atoms with Crippen molar-refractivity contribution in [1.29, 1.82) is 0 Å². The van der Waals surface area contributed by atoms with Gasteiger partial charge in [-0.3, -0.25) is 15.0 Å². The number of hydrogen-bond donors (Lipinski definition) is 2. The van der Waals surface area contributed by atoms with E-state index in [1.54, 1.807) is 17.9 Å². The third kappa shape index (κ3) is 2.53. The average Bonchev–Trinajstić information content (AvgIpc) is 2.72. The van der Waals surface area contributed by atoms with Crippen molar-refractivity contribution in [3.63, 3.8) is 0 Å². The fraction of sp³-hybridized carbons (Fsp3) is 0.500. The molecule has 0 spiro atoms. The first-order chi connectivity index (χ1) is 8.61. The Morgan fingerprint density at radius 3 is 3.00 bits per heavy atom. The molecule has 2 amide bonds. The smallest absolute Gasteiger partial charge is 0.301 e. The fourth-order valence-electron chi connectivity index (χ4n) is 2.13. The lowest BCUT2D eigenvalue weighted by Gasteiger charge is -2.25. The van der Waals surface area contributed by atoms with Crippen molar-refractivity contribution in [2.45, 2.75) is 32.7 Å². The highest BCUT2D eigenvalue weighted by Gasteiger charge is 2.21. The number of likely N-dealkylation sites (tertiary alicyclic amines) is 1. The van der Waals surface area contributed by atoms with Crippen LogP contribution >= 0.6 is 0 Å². The van der Waals surface area contributed by atoms with Crippen LogP contribution in [0.15, 0.2) is 10.5 Å². The molecule has 0 bridgehead atoms. The highest BCUT2D eigenvalue weighted by molar-refractivity contribution is 5.92. The largest absolute Gasteiger partial charge is 0.454 e. The Morgan fingerprint density at radius 2 is 2.33 bits per heavy atom. The Bertz CT molecular complexity index is 467. The lowest BCUT2D eigenvalue weighted by Crippen LogP contribution is -2.34. The van der Waals surface area contributed by atoms with Gasteiger partial charge in [0.2, 0.25) is 5.91 Å². The van der Waals surface area contributed by atoms with E-state index in [4.69, 9.17) is 10.3 Å². The molecule has 1 aliphatic rings. The normalized spacial score (nSPS) is 15.9. The monoisotopic (exact) mass is 251 g/mol. The van der Waals surface area contributed by atoms with Crippen molar-refractivity contribution in [3.05, 3.63) is 23.2 Å². The topological polar surface area (TPSA) is 88.6 Å². The number of aryl methyl sites for hydroxylation is 1. The van der Waals surface area contributed by atoms with Gasteiger partial charge >= 0.3 is 5.91 Å². The molecule has 0 radical (unpaired) electrons. The minimum absolute atomic E-state index is 0.139. The first-order valence-corrected chi connectivity index (χ1v) is 6.00. The van der Waals surface area contributed by atoms with E-state index in [1.165, 1.54) is 0 Å². The molecule has 0 aliphatic carbocycles. The second kappa shape index (κ2) is 5.22. The summed E-state index contributed by atoms with van der Waals surface area (Å²) in [6.07, 6.45) is 2.56. The Labute approximate surface area is 105 Å². The van der Waals surface area contributed by atoms with E-state index in [0.29, 0.717) is 18.7 Å². The Morgan fingerprint density at radius 1 is 1.56 bits per heavy atom. The predicted octanol–water partition coefficient (Wildman–Crippen LogP) is 0.704. The van der Waals surface area contributed by atoms with Crippen molar-refractivity contribution >= 4 is 11.8 Å². The molecule has 1 saturated heterocycles. The van der Waals surface area contributed by atoms with Gasteiger partial charge in [0.15, 0.2) is 5.76 Å². The molecule has 18 heavy (non-hydrogen) atoms. The second-order valence-corrected chi connectivity index (χ2v) is 4.47. The van der Waals surface area contributed by atoms with Gasteiger partial charge in [-0.2, -0.15) is 0 Å². The van der Waals surface area contributed by atoms with E-state index in [-0.39, 0.29) is 11.7 Å². The molecule has 1 aliphatic heterocycles. The standard InChI is InChI=1S/C12H17N3O3/c1-8-6-9(18-11(8)12(17)14-13)7-15-5-3-2-4-10(15)16/h6H,2-5,7,13H2,1H3,(H,14,17). The van der Waals surface area contributed by atoms with E-state index >= 15 is 0 Å². The molecule has 0 aromatic carbocycles. The van der Waals surface area contributed by atoms with Gasteiger partial charge in [-0.25, -0.2) is 5.84 Å². The van der Waals surface area contributed by atoms with E-state index in [9.17, 15) is 9.59 Å². The highest BCUT2D eigenvalue weighted by Crippen LogP contribution is 2.19. The molecule has 1 aromatic heterocycles. The van der Waals surface area contributed by atoms with E-state index in [2.05, 4.69) is 0 Å². The first-order valence-electron chi connectivity index (χ1n) is 6.00. The molecule has 0 unspecified atom stereocenters. The number of hydrazine groups is 1. The zero-order valence-corrected chi connectivity index (χ0v) is 10.4.